The van der Waals surface area contributed by atoms with E-state index in [2.05, 4.69) is 9.97 Å². The van der Waals surface area contributed by atoms with Crippen molar-refractivity contribution in [2.45, 2.75) is 25.7 Å². The molecule has 0 atom stereocenters. The van der Waals surface area contributed by atoms with Crippen molar-refractivity contribution >= 4 is 11.3 Å². The van der Waals surface area contributed by atoms with Crippen LogP contribution >= 0.6 is 11.3 Å². The number of rotatable bonds is 3. The molecule has 0 bridgehead atoms. The van der Waals surface area contributed by atoms with Crippen molar-refractivity contribution in [2.75, 3.05) is 6.54 Å². The Bertz CT molecular complexity index is 1060. The molecule has 3 aromatic rings. The van der Waals surface area contributed by atoms with Crippen LogP contribution in [0, 0.1) is 5.82 Å². The van der Waals surface area contributed by atoms with E-state index in [9.17, 15) is 22.4 Å². The third-order valence-corrected chi connectivity index (χ3v) is 5.55. The molecule has 28 heavy (non-hydrogen) atoms. The first-order chi connectivity index (χ1) is 13.3. The summed E-state index contributed by atoms with van der Waals surface area (Å²) in [5.41, 5.74) is 0.122. The second kappa shape index (κ2) is 7.14. The van der Waals surface area contributed by atoms with Crippen LogP contribution in [0.15, 0.2) is 40.5 Å². The number of nitrogens with zero attached hydrogens (tertiary/aromatic N) is 2. The minimum Gasteiger partial charge on any atom is -0.306 e. The van der Waals surface area contributed by atoms with Crippen molar-refractivity contribution in [1.82, 2.24) is 14.9 Å². The molecule has 0 amide bonds. The highest BCUT2D eigenvalue weighted by molar-refractivity contribution is 7.13. The summed E-state index contributed by atoms with van der Waals surface area (Å²) in [6, 6.07) is 6.28. The number of aromatic amines is 1. The Hall–Kier alpha value is -2.52. The first-order valence-electron chi connectivity index (χ1n) is 8.55. The summed E-state index contributed by atoms with van der Waals surface area (Å²) >= 11 is 1.48. The maximum atomic E-state index is 14.1. The molecule has 9 heteroatoms. The van der Waals surface area contributed by atoms with E-state index < -0.39 is 17.6 Å². The Morgan fingerprint density at radius 1 is 1.25 bits per heavy atom. The number of H-pyrrole nitrogens is 1. The molecule has 0 radical (unpaired) electrons. The molecule has 1 aromatic carbocycles. The maximum absolute atomic E-state index is 14.1. The van der Waals surface area contributed by atoms with E-state index in [4.69, 9.17) is 0 Å². The second-order valence-electron chi connectivity index (χ2n) is 6.58. The average molecular weight is 409 g/mol. The van der Waals surface area contributed by atoms with Gasteiger partial charge >= 0.3 is 6.18 Å². The van der Waals surface area contributed by atoms with Gasteiger partial charge in [0.25, 0.3) is 5.56 Å². The number of benzene rings is 1. The molecule has 146 valence electrons. The second-order valence-corrected chi connectivity index (χ2v) is 7.53. The summed E-state index contributed by atoms with van der Waals surface area (Å²) in [5.74, 6) is -0.373. The Morgan fingerprint density at radius 3 is 2.75 bits per heavy atom. The molecule has 2 aromatic heterocycles. The Kier molecular flexibility index (Phi) is 4.80. The summed E-state index contributed by atoms with van der Waals surface area (Å²) in [7, 11) is 0. The van der Waals surface area contributed by atoms with Crippen LogP contribution in [-0.4, -0.2) is 21.4 Å². The van der Waals surface area contributed by atoms with Crippen LogP contribution in [0.2, 0.25) is 0 Å². The predicted molar refractivity (Wildman–Crippen MR) is 97.4 cm³/mol. The predicted octanol–water partition coefficient (Wildman–Crippen LogP) is 4.21. The van der Waals surface area contributed by atoms with Crippen molar-refractivity contribution in [3.8, 4) is 10.7 Å². The summed E-state index contributed by atoms with van der Waals surface area (Å²) in [5, 5.41) is 1.90. The Morgan fingerprint density at radius 2 is 2.07 bits per heavy atom. The molecular weight excluding hydrogens is 394 g/mol. The monoisotopic (exact) mass is 409 g/mol. The Balaban J connectivity index is 1.54. The number of nitrogens with one attached hydrogen (secondary N) is 1. The standard InChI is InChI=1S/C19H15F4N3OS/c20-14-8-12(19(21,22)23)4-3-11(14)9-26-6-5-15-13(10-26)18(27)25-17(24-15)16-2-1-7-28-16/h1-4,7-8H,5-6,9-10H2,(H,24,25,27). The van der Waals surface area contributed by atoms with Crippen LogP contribution in [0.1, 0.15) is 22.4 Å². The lowest BCUT2D eigenvalue weighted by atomic mass is 10.0. The first-order valence-corrected chi connectivity index (χ1v) is 9.43. The lowest BCUT2D eigenvalue weighted by molar-refractivity contribution is -0.137. The molecule has 3 heterocycles. The topological polar surface area (TPSA) is 49.0 Å². The zero-order chi connectivity index (χ0) is 19.9. The number of thiophene rings is 1. The van der Waals surface area contributed by atoms with Crippen LogP contribution in [0.4, 0.5) is 17.6 Å². The van der Waals surface area contributed by atoms with E-state index >= 15 is 0 Å². The highest BCUT2D eigenvalue weighted by atomic mass is 32.1. The van der Waals surface area contributed by atoms with Crippen molar-refractivity contribution in [3.05, 3.63) is 74.3 Å². The fourth-order valence-corrected chi connectivity index (χ4v) is 3.91. The van der Waals surface area contributed by atoms with Gasteiger partial charge in [-0.1, -0.05) is 12.1 Å². The molecular formula is C19H15F4N3OS. The molecule has 0 saturated heterocycles. The first kappa shape index (κ1) is 18.8. The summed E-state index contributed by atoms with van der Waals surface area (Å²) in [4.78, 5) is 22.5. The number of hydrogen-bond donors (Lipinski definition) is 1. The number of alkyl halides is 3. The lowest BCUT2D eigenvalue weighted by Gasteiger charge is -2.28. The van der Waals surface area contributed by atoms with Crippen LogP contribution in [0.5, 0.6) is 0 Å². The van der Waals surface area contributed by atoms with Crippen molar-refractivity contribution in [1.29, 1.82) is 0 Å². The number of aromatic nitrogens is 2. The average Bonchev–Trinajstić information content (AvgIpc) is 3.17. The highest BCUT2D eigenvalue weighted by Crippen LogP contribution is 2.31. The molecule has 0 saturated carbocycles. The molecule has 0 spiro atoms. The van der Waals surface area contributed by atoms with Gasteiger partial charge in [0, 0.05) is 31.6 Å². The van der Waals surface area contributed by atoms with Crippen molar-refractivity contribution in [3.63, 3.8) is 0 Å². The number of halogens is 4. The molecule has 0 fully saturated rings. The van der Waals surface area contributed by atoms with E-state index in [-0.39, 0.29) is 24.2 Å². The quantitative estimate of drug-likeness (QED) is 0.660. The molecule has 0 aliphatic carbocycles. The number of hydrogen-bond acceptors (Lipinski definition) is 4. The van der Waals surface area contributed by atoms with Gasteiger partial charge < -0.3 is 4.98 Å². The van der Waals surface area contributed by atoms with Gasteiger partial charge in [-0.25, -0.2) is 9.37 Å². The van der Waals surface area contributed by atoms with Gasteiger partial charge in [-0.15, -0.1) is 11.3 Å². The fourth-order valence-electron chi connectivity index (χ4n) is 3.24. The van der Waals surface area contributed by atoms with Gasteiger partial charge in [0.2, 0.25) is 0 Å². The molecule has 4 nitrogen and oxygen atoms in total. The summed E-state index contributed by atoms with van der Waals surface area (Å²) < 4.78 is 52.2. The van der Waals surface area contributed by atoms with Crippen LogP contribution in [0.3, 0.4) is 0 Å². The minimum absolute atomic E-state index is 0.121. The summed E-state index contributed by atoms with van der Waals surface area (Å²) in [6.07, 6.45) is -4.07. The molecule has 4 rings (SSSR count). The van der Waals surface area contributed by atoms with Crippen LogP contribution in [0.25, 0.3) is 10.7 Å². The normalized spacial score (nSPS) is 14.9. The molecule has 1 aliphatic rings. The van der Waals surface area contributed by atoms with Gasteiger partial charge in [0.05, 0.1) is 21.7 Å². The van der Waals surface area contributed by atoms with Crippen LogP contribution < -0.4 is 5.56 Å². The highest BCUT2D eigenvalue weighted by Gasteiger charge is 2.31. The van der Waals surface area contributed by atoms with Crippen molar-refractivity contribution in [2.24, 2.45) is 0 Å². The molecule has 1 N–H and O–H groups in total. The van der Waals surface area contributed by atoms with Gasteiger partial charge in [0.1, 0.15) is 5.82 Å². The smallest absolute Gasteiger partial charge is 0.306 e. The largest absolute Gasteiger partial charge is 0.416 e. The Labute approximate surface area is 161 Å². The van der Waals surface area contributed by atoms with Gasteiger partial charge in [0.15, 0.2) is 5.82 Å². The number of fused-ring (bicyclic) bond motifs is 1. The zero-order valence-electron chi connectivity index (χ0n) is 14.5. The third-order valence-electron chi connectivity index (χ3n) is 4.68. The summed E-state index contributed by atoms with van der Waals surface area (Å²) in [6.45, 7) is 0.923. The zero-order valence-corrected chi connectivity index (χ0v) is 15.3. The van der Waals surface area contributed by atoms with E-state index in [1.54, 1.807) is 0 Å². The lowest BCUT2D eigenvalue weighted by Crippen LogP contribution is -2.35. The van der Waals surface area contributed by atoms with Gasteiger partial charge in [-0.05, 0) is 23.6 Å². The SMILES string of the molecule is O=c1[nH]c(-c2cccs2)nc2c1CN(Cc1ccc(C(F)(F)F)cc1F)CC2. The maximum Gasteiger partial charge on any atom is 0.416 e. The van der Waals surface area contributed by atoms with Crippen molar-refractivity contribution < 1.29 is 17.6 Å². The van der Waals surface area contributed by atoms with E-state index in [1.165, 1.54) is 11.3 Å². The van der Waals surface area contributed by atoms with E-state index in [0.717, 1.165) is 17.0 Å². The van der Waals surface area contributed by atoms with E-state index in [0.29, 0.717) is 36.1 Å². The van der Waals surface area contributed by atoms with E-state index in [1.807, 2.05) is 22.4 Å². The van der Waals surface area contributed by atoms with Gasteiger partial charge in [-0.3, -0.25) is 9.69 Å². The van der Waals surface area contributed by atoms with Crippen LogP contribution in [-0.2, 0) is 25.7 Å². The fraction of sp³-hybridized carbons (Fsp3) is 0.263. The third kappa shape index (κ3) is 3.72. The minimum atomic E-state index is -4.58. The molecule has 0 unspecified atom stereocenters. The molecule has 1 aliphatic heterocycles. The van der Waals surface area contributed by atoms with Gasteiger partial charge in [-0.2, -0.15) is 13.2 Å².